The van der Waals surface area contributed by atoms with Gasteiger partial charge in [-0.3, -0.25) is 19.2 Å². The Hall–Kier alpha value is -4.21. The van der Waals surface area contributed by atoms with Crippen molar-refractivity contribution in [2.75, 3.05) is 33.2 Å². The number of hydrogen-bond donors (Lipinski definition) is 6. The third-order valence-corrected chi connectivity index (χ3v) is 9.57. The number of aromatic hydroxyl groups is 1. The number of aliphatic hydroxyl groups is 1. The van der Waals surface area contributed by atoms with Gasteiger partial charge in [0.15, 0.2) is 17.6 Å². The molecule has 47 heavy (non-hydrogen) atoms. The molecule has 15 nitrogen and oxygen atoms in total. The number of carboxylic acids is 1. The lowest BCUT2D eigenvalue weighted by atomic mass is 9.50. The third-order valence-electron chi connectivity index (χ3n) is 9.57. The van der Waals surface area contributed by atoms with Crippen LogP contribution in [0.25, 0.3) is 0 Å². The third kappa shape index (κ3) is 6.78. The lowest BCUT2D eigenvalue weighted by molar-refractivity contribution is -0.173. The highest BCUT2D eigenvalue weighted by Crippen LogP contribution is 2.65. The number of aliphatic carboxylic acids is 1. The Kier molecular flexibility index (Phi) is 10.1. The van der Waals surface area contributed by atoms with Crippen molar-refractivity contribution in [2.24, 2.45) is 5.73 Å². The number of phenolic OH excluding ortho intramolecular Hbond substituents is 1. The molecule has 1 aromatic carbocycles. The Labute approximate surface area is 271 Å². The molecule has 6 rings (SSSR count). The van der Waals surface area contributed by atoms with Crippen LogP contribution >= 0.6 is 0 Å². The summed E-state index contributed by atoms with van der Waals surface area (Å²) in [6.07, 6.45) is 1.66. The molecule has 2 amide bonds. The normalized spacial score (nSPS) is 26.6. The Morgan fingerprint density at radius 1 is 1.19 bits per heavy atom. The van der Waals surface area contributed by atoms with Crippen LogP contribution in [0.2, 0.25) is 0 Å². The molecule has 15 heteroatoms. The van der Waals surface area contributed by atoms with E-state index in [-0.39, 0.29) is 54.5 Å². The van der Waals surface area contributed by atoms with Crippen molar-refractivity contribution in [1.82, 2.24) is 15.5 Å². The number of esters is 2. The van der Waals surface area contributed by atoms with Crippen molar-refractivity contribution in [2.45, 2.75) is 87.1 Å². The van der Waals surface area contributed by atoms with Gasteiger partial charge in [-0.2, -0.15) is 0 Å². The fourth-order valence-electron chi connectivity index (χ4n) is 7.19. The number of likely N-dealkylation sites (N-methyl/N-ethyl adjacent to an activating group) is 1. The minimum atomic E-state index is -1.80. The van der Waals surface area contributed by atoms with Gasteiger partial charge in [-0.25, -0.2) is 4.79 Å². The van der Waals surface area contributed by atoms with E-state index < -0.39 is 47.6 Å². The van der Waals surface area contributed by atoms with Crippen LogP contribution < -0.4 is 21.1 Å². The minimum Gasteiger partial charge on any atom is -0.504 e. The van der Waals surface area contributed by atoms with Gasteiger partial charge in [0.1, 0.15) is 5.76 Å². The van der Waals surface area contributed by atoms with Crippen molar-refractivity contribution in [3.05, 3.63) is 35.1 Å². The molecule has 5 aliphatic rings. The van der Waals surface area contributed by atoms with Gasteiger partial charge in [0.25, 0.3) is 0 Å². The number of ether oxygens (including phenoxy) is 3. The first kappa shape index (κ1) is 34.1. The van der Waals surface area contributed by atoms with Gasteiger partial charge in [-0.1, -0.05) is 12.5 Å². The van der Waals surface area contributed by atoms with Crippen LogP contribution in [0.3, 0.4) is 0 Å². The first-order chi connectivity index (χ1) is 22.4. The van der Waals surface area contributed by atoms with E-state index in [1.165, 1.54) is 0 Å². The number of amides is 2. The average molecular weight is 659 g/mol. The number of nitrogens with one attached hydrogen (secondary N) is 2. The topological polar surface area (TPSA) is 237 Å². The number of rotatable bonds is 13. The first-order valence-corrected chi connectivity index (χ1v) is 15.9. The molecule has 5 atom stereocenters. The van der Waals surface area contributed by atoms with Crippen molar-refractivity contribution in [3.63, 3.8) is 0 Å². The molecule has 256 valence electrons. The van der Waals surface area contributed by atoms with Crippen LogP contribution in [-0.2, 0) is 45.3 Å². The van der Waals surface area contributed by atoms with E-state index in [4.69, 9.17) is 19.9 Å². The van der Waals surface area contributed by atoms with Crippen molar-refractivity contribution in [1.29, 1.82) is 0 Å². The Morgan fingerprint density at radius 2 is 1.94 bits per heavy atom. The van der Waals surface area contributed by atoms with E-state index in [2.05, 4.69) is 15.5 Å². The van der Waals surface area contributed by atoms with Crippen molar-refractivity contribution < 1.29 is 53.5 Å². The van der Waals surface area contributed by atoms with Crippen LogP contribution in [0.4, 0.5) is 0 Å². The molecule has 3 aliphatic heterocycles. The summed E-state index contributed by atoms with van der Waals surface area (Å²) >= 11 is 0. The highest BCUT2D eigenvalue weighted by molar-refractivity contribution is 5.91. The van der Waals surface area contributed by atoms with E-state index in [1.54, 1.807) is 12.1 Å². The average Bonchev–Trinajstić information content (AvgIpc) is 3.72. The summed E-state index contributed by atoms with van der Waals surface area (Å²) in [6, 6.07) is 3.16. The number of hydrogen-bond acceptors (Lipinski definition) is 12. The van der Waals surface area contributed by atoms with E-state index in [0.29, 0.717) is 45.3 Å². The van der Waals surface area contributed by atoms with Gasteiger partial charge in [-0.05, 0) is 63.5 Å². The second-order valence-corrected chi connectivity index (χ2v) is 12.6. The molecule has 2 aliphatic carbocycles. The second kappa shape index (κ2) is 13.9. The number of nitrogens with zero attached hydrogens (tertiary/aromatic N) is 1. The number of carbonyl (C=O) groups excluding carboxylic acids is 4. The van der Waals surface area contributed by atoms with Crippen LogP contribution in [0, 0.1) is 0 Å². The second-order valence-electron chi connectivity index (χ2n) is 12.6. The molecular weight excluding hydrogens is 616 g/mol. The molecule has 0 saturated carbocycles. The van der Waals surface area contributed by atoms with E-state index in [1.807, 2.05) is 13.1 Å². The number of phenols is 1. The number of carbonyl (C=O) groups is 5. The summed E-state index contributed by atoms with van der Waals surface area (Å²) in [5.74, 6) is -3.14. The molecule has 2 bridgehead atoms. The zero-order valence-corrected chi connectivity index (χ0v) is 26.3. The van der Waals surface area contributed by atoms with Gasteiger partial charge >= 0.3 is 17.9 Å². The highest BCUT2D eigenvalue weighted by Gasteiger charge is 2.72. The SMILES string of the molecule is CN1CC[C@]23c4c5ccc(O)c4O[C@H]2C(OC(=O)CC(OC(=O)CCNC(=O)CCCCCN)C(=O)O)=CC[C@@]3(O)[C@H]1C5.O=C1CN1. The van der Waals surface area contributed by atoms with Crippen LogP contribution in [0.15, 0.2) is 24.0 Å². The molecular formula is C32H42N4O11. The molecule has 1 unspecified atom stereocenters. The van der Waals surface area contributed by atoms with Crippen LogP contribution in [0.5, 0.6) is 11.5 Å². The van der Waals surface area contributed by atoms with Gasteiger partial charge in [-0.15, -0.1) is 0 Å². The Bertz CT molecular complexity index is 1460. The predicted molar refractivity (Wildman–Crippen MR) is 163 cm³/mol. The zero-order valence-electron chi connectivity index (χ0n) is 26.3. The van der Waals surface area contributed by atoms with E-state index in [9.17, 15) is 39.3 Å². The summed E-state index contributed by atoms with van der Waals surface area (Å²) in [6.45, 7) is 1.77. The quantitative estimate of drug-likeness (QED) is 0.0911. The molecule has 1 aromatic rings. The molecule has 3 heterocycles. The summed E-state index contributed by atoms with van der Waals surface area (Å²) in [7, 11) is 1.96. The lowest BCUT2D eigenvalue weighted by Gasteiger charge is -2.61. The fourth-order valence-corrected chi connectivity index (χ4v) is 7.19. The maximum absolute atomic E-state index is 13.0. The molecule has 0 radical (unpaired) electrons. The van der Waals surface area contributed by atoms with E-state index >= 15 is 0 Å². The van der Waals surface area contributed by atoms with Gasteiger partial charge in [0.2, 0.25) is 17.9 Å². The number of piperidine rings is 1. The lowest BCUT2D eigenvalue weighted by Crippen LogP contribution is -2.74. The van der Waals surface area contributed by atoms with Crippen LogP contribution in [-0.4, -0.2) is 107 Å². The van der Waals surface area contributed by atoms with Crippen molar-refractivity contribution >= 4 is 29.7 Å². The van der Waals surface area contributed by atoms with Gasteiger partial charge in [0.05, 0.1) is 30.4 Å². The largest absolute Gasteiger partial charge is 0.504 e. The van der Waals surface area contributed by atoms with E-state index in [0.717, 1.165) is 24.0 Å². The molecule has 2 saturated heterocycles. The Morgan fingerprint density at radius 3 is 2.62 bits per heavy atom. The number of benzene rings is 1. The van der Waals surface area contributed by atoms with Crippen LogP contribution in [0.1, 0.15) is 62.5 Å². The minimum absolute atomic E-state index is 0.0339. The zero-order chi connectivity index (χ0) is 33.9. The molecule has 0 aromatic heterocycles. The smallest absolute Gasteiger partial charge is 0.345 e. The maximum Gasteiger partial charge on any atom is 0.345 e. The highest BCUT2D eigenvalue weighted by atomic mass is 16.6. The van der Waals surface area contributed by atoms with Crippen molar-refractivity contribution in [3.8, 4) is 11.5 Å². The number of likely N-dealkylation sites (tertiary alicyclic amines) is 1. The standard InChI is InChI=1S/C30H39N3O10.C2H3NO/c1-33-14-11-29-25-17-6-7-18(34)26(25)43-27(29)19(8-10-30(29,40)21(33)15-17)41-24(37)16-20(28(38)39)42-23(36)9-13-32-22(35)5-3-2-4-12-31;4-2-1-3-2/h6-8,20-21,27,34,40H,2-5,9-16,31H2,1H3,(H,32,35)(H,38,39);1H2,(H,3,4)/t20?,21-,27+,29+,30-;/m1./s1. The first-order valence-electron chi connectivity index (χ1n) is 15.9. The predicted octanol–water partition coefficient (Wildman–Crippen LogP) is -0.259. The molecule has 1 spiro atoms. The Balaban J connectivity index is 0.00000101. The molecule has 2 fully saturated rings. The summed E-state index contributed by atoms with van der Waals surface area (Å²) in [5, 5.41) is 37.4. The summed E-state index contributed by atoms with van der Waals surface area (Å²) < 4.78 is 16.9. The fraction of sp³-hybridized carbons (Fsp3) is 0.594. The number of carboxylic acid groups (broad SMARTS) is 1. The summed E-state index contributed by atoms with van der Waals surface area (Å²) in [4.78, 5) is 60.5. The summed E-state index contributed by atoms with van der Waals surface area (Å²) in [5.41, 5.74) is 4.89. The maximum atomic E-state index is 13.0. The van der Waals surface area contributed by atoms with Gasteiger partial charge in [0, 0.05) is 31.0 Å². The number of nitrogens with two attached hydrogens (primary N) is 1. The number of unbranched alkanes of at least 4 members (excludes halogenated alkanes) is 2. The monoisotopic (exact) mass is 658 g/mol. The molecule has 7 N–H and O–H groups in total. The van der Waals surface area contributed by atoms with Gasteiger partial charge < -0.3 is 50.8 Å².